The van der Waals surface area contributed by atoms with Gasteiger partial charge in [-0.15, -0.1) is 0 Å². The second-order valence-corrected chi connectivity index (χ2v) is 6.15. The average molecular weight is 334 g/mol. The number of hydrogen-bond donors (Lipinski definition) is 1. The first-order valence-electron chi connectivity index (χ1n) is 8.22. The maximum absolute atomic E-state index is 12.6. The second kappa shape index (κ2) is 6.05. The number of hydrogen-bond acceptors (Lipinski definition) is 4. The Hall–Kier alpha value is -3.15. The molecule has 0 spiro atoms. The van der Waals surface area contributed by atoms with Gasteiger partial charge in [-0.05, 0) is 24.3 Å². The van der Waals surface area contributed by atoms with E-state index >= 15 is 0 Å². The number of anilines is 2. The fourth-order valence-electron chi connectivity index (χ4n) is 3.17. The molecule has 1 aliphatic heterocycles. The first kappa shape index (κ1) is 15.4. The number of amides is 1. The summed E-state index contributed by atoms with van der Waals surface area (Å²) in [5.41, 5.74) is 2.36. The lowest BCUT2D eigenvalue weighted by molar-refractivity contribution is -0.115. The van der Waals surface area contributed by atoms with Gasteiger partial charge in [-0.3, -0.25) is 14.2 Å². The van der Waals surface area contributed by atoms with E-state index in [2.05, 4.69) is 15.2 Å². The van der Waals surface area contributed by atoms with Crippen molar-refractivity contribution in [3.05, 3.63) is 64.7 Å². The van der Waals surface area contributed by atoms with Crippen LogP contribution in [0.3, 0.4) is 0 Å². The molecule has 2 aromatic carbocycles. The number of aromatic nitrogens is 2. The molecule has 126 valence electrons. The lowest BCUT2D eigenvalue weighted by atomic mass is 10.2. The topological polar surface area (TPSA) is 67.2 Å². The molecule has 0 atom stereocenters. The molecular weight excluding hydrogens is 316 g/mol. The molecule has 0 aliphatic carbocycles. The zero-order chi connectivity index (χ0) is 17.4. The van der Waals surface area contributed by atoms with Crippen LogP contribution in [-0.4, -0.2) is 22.0 Å². The van der Waals surface area contributed by atoms with Gasteiger partial charge in [0.1, 0.15) is 5.82 Å². The maximum atomic E-state index is 12.6. The number of carbonyl (C=O) groups is 1. The van der Waals surface area contributed by atoms with Gasteiger partial charge in [-0.2, -0.15) is 0 Å². The van der Waals surface area contributed by atoms with Crippen LogP contribution in [0.1, 0.15) is 12.2 Å². The number of para-hydroxylation sites is 3. The minimum Gasteiger partial charge on any atom is -0.362 e. The zero-order valence-corrected chi connectivity index (χ0v) is 13.9. The van der Waals surface area contributed by atoms with E-state index in [4.69, 9.17) is 0 Å². The largest absolute Gasteiger partial charge is 0.362 e. The second-order valence-electron chi connectivity index (χ2n) is 6.15. The minimum absolute atomic E-state index is 0.00434. The molecule has 0 fully saturated rings. The number of carbonyl (C=O) groups excluding carboxylic acids is 1. The van der Waals surface area contributed by atoms with Gasteiger partial charge in [0.2, 0.25) is 5.91 Å². The van der Waals surface area contributed by atoms with Gasteiger partial charge in [0.25, 0.3) is 5.56 Å². The standard InChI is InChI=1S/C19H18N4O2/c1-22-17(20-14-7-3-2-6-13(14)19(22)25)12-23-11-10-18(24)21-15-8-4-5-9-16(15)23/h2-9H,10-12H2,1H3,(H,21,24). The monoisotopic (exact) mass is 334 g/mol. The minimum atomic E-state index is -0.0575. The molecule has 1 amide bonds. The van der Waals surface area contributed by atoms with Gasteiger partial charge in [0.05, 0.1) is 28.8 Å². The summed E-state index contributed by atoms with van der Waals surface area (Å²) in [4.78, 5) is 31.3. The van der Waals surface area contributed by atoms with E-state index in [1.165, 1.54) is 0 Å². The number of nitrogens with one attached hydrogen (secondary N) is 1. The highest BCUT2D eigenvalue weighted by atomic mass is 16.1. The fraction of sp³-hybridized carbons (Fsp3) is 0.211. The summed E-state index contributed by atoms with van der Waals surface area (Å²) in [6, 6.07) is 15.1. The smallest absolute Gasteiger partial charge is 0.261 e. The molecular formula is C19H18N4O2. The molecule has 0 bridgehead atoms. The van der Waals surface area contributed by atoms with Crippen molar-refractivity contribution in [1.82, 2.24) is 9.55 Å². The van der Waals surface area contributed by atoms with Gasteiger partial charge >= 0.3 is 0 Å². The molecule has 4 rings (SSSR count). The molecule has 0 saturated carbocycles. The third-order valence-corrected chi connectivity index (χ3v) is 4.54. The van der Waals surface area contributed by atoms with Gasteiger partial charge < -0.3 is 10.2 Å². The van der Waals surface area contributed by atoms with Gasteiger partial charge in [0.15, 0.2) is 0 Å². The van der Waals surface area contributed by atoms with E-state index in [9.17, 15) is 9.59 Å². The van der Waals surface area contributed by atoms with Crippen molar-refractivity contribution in [3.63, 3.8) is 0 Å². The highest BCUT2D eigenvalue weighted by Crippen LogP contribution is 2.29. The molecule has 25 heavy (non-hydrogen) atoms. The van der Waals surface area contributed by atoms with Crippen LogP contribution < -0.4 is 15.8 Å². The first-order valence-corrected chi connectivity index (χ1v) is 8.22. The Morgan fingerprint density at radius 2 is 1.84 bits per heavy atom. The van der Waals surface area contributed by atoms with Crippen molar-refractivity contribution >= 4 is 28.2 Å². The SMILES string of the molecule is Cn1c(CN2CCC(=O)Nc3ccccc32)nc2ccccc2c1=O. The summed E-state index contributed by atoms with van der Waals surface area (Å²) in [5, 5.41) is 3.54. The molecule has 2 heterocycles. The quantitative estimate of drug-likeness (QED) is 0.781. The molecule has 3 aromatic rings. The van der Waals surface area contributed by atoms with Crippen molar-refractivity contribution in [2.45, 2.75) is 13.0 Å². The Kier molecular flexibility index (Phi) is 3.72. The predicted molar refractivity (Wildman–Crippen MR) is 97.7 cm³/mol. The summed E-state index contributed by atoms with van der Waals surface area (Å²) >= 11 is 0. The van der Waals surface area contributed by atoms with Gasteiger partial charge in [-0.1, -0.05) is 24.3 Å². The molecule has 1 aliphatic rings. The Balaban J connectivity index is 1.78. The van der Waals surface area contributed by atoms with E-state index in [0.717, 1.165) is 11.4 Å². The Bertz CT molecular complexity index is 1030. The summed E-state index contributed by atoms with van der Waals surface area (Å²) in [6.45, 7) is 1.04. The van der Waals surface area contributed by atoms with Gasteiger partial charge in [0, 0.05) is 20.0 Å². The molecule has 6 heteroatoms. The lowest BCUT2D eigenvalue weighted by Gasteiger charge is -2.24. The van der Waals surface area contributed by atoms with Crippen molar-refractivity contribution < 1.29 is 4.79 Å². The Morgan fingerprint density at radius 1 is 1.08 bits per heavy atom. The van der Waals surface area contributed by atoms with E-state index in [-0.39, 0.29) is 11.5 Å². The Morgan fingerprint density at radius 3 is 2.72 bits per heavy atom. The third kappa shape index (κ3) is 2.76. The summed E-state index contributed by atoms with van der Waals surface area (Å²) < 4.78 is 1.59. The van der Waals surface area contributed by atoms with Crippen molar-refractivity contribution in [2.24, 2.45) is 7.05 Å². The average Bonchev–Trinajstić information content (AvgIpc) is 2.78. The van der Waals surface area contributed by atoms with Crippen LogP contribution in [0.4, 0.5) is 11.4 Å². The van der Waals surface area contributed by atoms with E-state index in [1.54, 1.807) is 17.7 Å². The van der Waals surface area contributed by atoms with E-state index in [0.29, 0.717) is 36.2 Å². The molecule has 0 unspecified atom stereocenters. The van der Waals surface area contributed by atoms with Crippen molar-refractivity contribution in [3.8, 4) is 0 Å². The number of nitrogens with zero attached hydrogens (tertiary/aromatic N) is 3. The van der Waals surface area contributed by atoms with Gasteiger partial charge in [-0.25, -0.2) is 4.98 Å². The number of rotatable bonds is 2. The van der Waals surface area contributed by atoms with Crippen molar-refractivity contribution in [2.75, 3.05) is 16.8 Å². The predicted octanol–water partition coefficient (Wildman–Crippen LogP) is 2.28. The maximum Gasteiger partial charge on any atom is 0.261 e. The van der Waals surface area contributed by atoms with E-state index in [1.807, 2.05) is 42.5 Å². The Labute approximate surface area is 144 Å². The third-order valence-electron chi connectivity index (χ3n) is 4.54. The van der Waals surface area contributed by atoms with E-state index < -0.39 is 0 Å². The van der Waals surface area contributed by atoms with Crippen molar-refractivity contribution in [1.29, 1.82) is 0 Å². The molecule has 0 saturated heterocycles. The normalized spacial score (nSPS) is 14.1. The first-order chi connectivity index (χ1) is 12.1. The fourth-order valence-corrected chi connectivity index (χ4v) is 3.17. The highest BCUT2D eigenvalue weighted by Gasteiger charge is 2.20. The lowest BCUT2D eigenvalue weighted by Crippen LogP contribution is -2.30. The van der Waals surface area contributed by atoms with Crippen LogP contribution in [0.15, 0.2) is 53.3 Å². The summed E-state index contributed by atoms with van der Waals surface area (Å²) in [7, 11) is 1.74. The van der Waals surface area contributed by atoms with Crippen LogP contribution in [-0.2, 0) is 18.4 Å². The van der Waals surface area contributed by atoms with Crippen LogP contribution >= 0.6 is 0 Å². The summed E-state index contributed by atoms with van der Waals surface area (Å²) in [6.07, 6.45) is 0.399. The summed E-state index contributed by atoms with van der Waals surface area (Å²) in [5.74, 6) is 0.670. The highest BCUT2D eigenvalue weighted by molar-refractivity contribution is 5.96. The molecule has 1 N–H and O–H groups in total. The zero-order valence-electron chi connectivity index (χ0n) is 13.9. The number of benzene rings is 2. The van der Waals surface area contributed by atoms with Crippen LogP contribution in [0, 0.1) is 0 Å². The van der Waals surface area contributed by atoms with Crippen LogP contribution in [0.2, 0.25) is 0 Å². The van der Waals surface area contributed by atoms with Crippen LogP contribution in [0.25, 0.3) is 10.9 Å². The molecule has 0 radical (unpaired) electrons. The molecule has 1 aromatic heterocycles. The molecule has 6 nitrogen and oxygen atoms in total. The van der Waals surface area contributed by atoms with Crippen LogP contribution in [0.5, 0.6) is 0 Å². The number of fused-ring (bicyclic) bond motifs is 2.